The molecule has 9 N–H and O–H groups in total. The van der Waals surface area contributed by atoms with Crippen molar-refractivity contribution < 1.29 is 12.9 Å². The first-order chi connectivity index (χ1) is 21.6. The Balaban J connectivity index is 1.06. The number of fused-ring (bicyclic) bond motifs is 20. The summed E-state index contributed by atoms with van der Waals surface area (Å²) in [6, 6.07) is 0. The Morgan fingerprint density at radius 1 is 0.409 bits per heavy atom. The largest absolute Gasteiger partial charge is 0.302 e. The second kappa shape index (κ2) is 12.3. The van der Waals surface area contributed by atoms with Gasteiger partial charge in [-0.25, -0.2) is 0 Å². The Bertz CT molecular complexity index is 1070. The van der Waals surface area contributed by atoms with E-state index in [2.05, 4.69) is 42.5 Å². The van der Waals surface area contributed by atoms with Crippen LogP contribution in [-0.4, -0.2) is 64.2 Å². The fourth-order valence-electron chi connectivity index (χ4n) is 12.2. The summed E-state index contributed by atoms with van der Waals surface area (Å²) in [6.07, 6.45) is 20.3. The fourth-order valence-corrected chi connectivity index (χ4v) is 12.7. The molecule has 5 aliphatic heterocycles. The monoisotopic (exact) mass is 632 g/mol. The zero-order valence-electron chi connectivity index (χ0n) is 26.1. The summed E-state index contributed by atoms with van der Waals surface area (Å²) in [6.45, 7) is 0. The molecule has 12 heteroatoms. The van der Waals surface area contributed by atoms with Gasteiger partial charge in [0.1, 0.15) is 0 Å². The molecule has 18 unspecified atom stereocenters. The molecule has 248 valence electrons. The lowest BCUT2D eigenvalue weighted by molar-refractivity contribution is 0.0458. The smallest absolute Gasteiger partial charge is 0.286 e. The van der Waals surface area contributed by atoms with Crippen molar-refractivity contribution >= 4 is 11.4 Å². The molecule has 9 aliphatic rings. The molecule has 11 nitrogen and oxygen atoms in total. The maximum Gasteiger partial charge on any atom is 0.302 e. The summed E-state index contributed by atoms with van der Waals surface area (Å²) < 4.78 is 27.5. The number of nitrogens with one attached hydrogen (secondary N) is 8. The minimum absolute atomic E-state index is 0.0206. The molecule has 8 bridgehead atoms. The molecule has 0 spiro atoms. The number of hydrogen-bond donors (Lipinski definition) is 9. The lowest BCUT2D eigenvalue weighted by atomic mass is 9.75. The lowest BCUT2D eigenvalue weighted by Crippen LogP contribution is -2.62. The molecule has 0 amide bonds. The Morgan fingerprint density at radius 2 is 0.705 bits per heavy atom. The molecule has 44 heavy (non-hydrogen) atoms. The first-order valence-electron chi connectivity index (χ1n) is 18.5. The molecule has 0 aromatic heterocycles. The Kier molecular flexibility index (Phi) is 8.36. The van der Waals surface area contributed by atoms with E-state index in [0.29, 0.717) is 59.9 Å². The molecule has 9 rings (SSSR count). The SMILES string of the molecule is O=S(O)OC1CCCC2C3NC4NC(NC5NC(NC6NC(NC(N3)C12)C1CCCCC61)C1CCCCC51)C1CCCCC41. The van der Waals surface area contributed by atoms with Crippen LogP contribution in [0.1, 0.15) is 96.3 Å². The van der Waals surface area contributed by atoms with E-state index in [0.717, 1.165) is 19.3 Å². The van der Waals surface area contributed by atoms with E-state index < -0.39 is 11.4 Å². The van der Waals surface area contributed by atoms with Crippen LogP contribution in [0.5, 0.6) is 0 Å². The summed E-state index contributed by atoms with van der Waals surface area (Å²) in [4.78, 5) is 0. The third kappa shape index (κ3) is 5.27. The van der Waals surface area contributed by atoms with Crippen molar-refractivity contribution in [2.75, 3.05) is 0 Å². The van der Waals surface area contributed by atoms with Crippen LogP contribution in [0.4, 0.5) is 0 Å². The van der Waals surface area contributed by atoms with Gasteiger partial charge in [-0.2, -0.15) is 4.21 Å². The van der Waals surface area contributed by atoms with E-state index in [4.69, 9.17) is 4.18 Å². The van der Waals surface area contributed by atoms with Gasteiger partial charge in [-0.05, 0) is 92.8 Å². The van der Waals surface area contributed by atoms with Gasteiger partial charge in [-0.1, -0.05) is 44.9 Å². The Hall–Kier alpha value is -0.250. The molecule has 0 aromatic rings. The molecule has 5 heterocycles. The van der Waals surface area contributed by atoms with Gasteiger partial charge >= 0.3 is 11.4 Å². The fraction of sp³-hybridized carbons (Fsp3) is 1.00. The van der Waals surface area contributed by atoms with Gasteiger partial charge in [0.25, 0.3) is 0 Å². The van der Waals surface area contributed by atoms with Crippen LogP contribution in [0.3, 0.4) is 0 Å². The minimum Gasteiger partial charge on any atom is -0.286 e. The standard InChI is InChI=1S/C32H56N8O3S/c41-44(42)43-23-15-7-14-22-24(23)32-39-30-21-13-6-5-12-20(21)28(37-30)35-26-17-9-2-1-8-16(17)25(33-26)34-27-18-10-3-4-11-19(18)29(36-27)38-31(22)40-32/h16-40H,1-15H2,(H,41,42). The average Bonchev–Trinajstić information content (AvgIpc) is 3.77. The van der Waals surface area contributed by atoms with Crippen molar-refractivity contribution in [3.8, 4) is 0 Å². The molecular weight excluding hydrogens is 576 g/mol. The second-order valence-electron chi connectivity index (χ2n) is 16.0. The van der Waals surface area contributed by atoms with Gasteiger partial charge in [0.2, 0.25) is 0 Å². The van der Waals surface area contributed by atoms with E-state index in [1.54, 1.807) is 0 Å². The van der Waals surface area contributed by atoms with Gasteiger partial charge < -0.3 is 0 Å². The summed E-state index contributed by atoms with van der Waals surface area (Å²) in [5.41, 5.74) is 0. The van der Waals surface area contributed by atoms with Gasteiger partial charge in [0, 0.05) is 5.92 Å². The van der Waals surface area contributed by atoms with Crippen LogP contribution < -0.4 is 42.5 Å². The van der Waals surface area contributed by atoms with E-state index in [9.17, 15) is 8.76 Å². The first-order valence-corrected chi connectivity index (χ1v) is 19.5. The van der Waals surface area contributed by atoms with Crippen LogP contribution >= 0.6 is 0 Å². The Morgan fingerprint density at radius 3 is 1.05 bits per heavy atom. The zero-order chi connectivity index (χ0) is 29.4. The molecule has 9 fully saturated rings. The maximum absolute atomic E-state index is 12.0. The van der Waals surface area contributed by atoms with Gasteiger partial charge in [-0.3, -0.25) is 51.3 Å². The van der Waals surface area contributed by atoms with Crippen LogP contribution in [0.15, 0.2) is 0 Å². The van der Waals surface area contributed by atoms with Crippen molar-refractivity contribution in [2.24, 2.45) is 47.3 Å². The first kappa shape index (κ1) is 29.9. The van der Waals surface area contributed by atoms with Crippen molar-refractivity contribution in [3.63, 3.8) is 0 Å². The minimum atomic E-state index is -2.26. The molecule has 4 aliphatic carbocycles. The molecule has 5 saturated heterocycles. The van der Waals surface area contributed by atoms with E-state index in [1.807, 2.05) is 0 Å². The second-order valence-corrected chi connectivity index (χ2v) is 16.6. The highest BCUT2D eigenvalue weighted by Gasteiger charge is 2.56. The number of rotatable bonds is 2. The quantitative estimate of drug-likeness (QED) is 0.206. The van der Waals surface area contributed by atoms with E-state index in [1.165, 1.54) is 77.0 Å². The molecule has 4 saturated carbocycles. The van der Waals surface area contributed by atoms with E-state index >= 15 is 0 Å². The molecule has 0 radical (unpaired) electrons. The summed E-state index contributed by atoms with van der Waals surface area (Å²) in [5, 5.41) is 33.0. The van der Waals surface area contributed by atoms with E-state index in [-0.39, 0.29) is 42.9 Å². The summed E-state index contributed by atoms with van der Waals surface area (Å²) in [5.74, 6) is 4.28. The summed E-state index contributed by atoms with van der Waals surface area (Å²) in [7, 11) is 0. The van der Waals surface area contributed by atoms with Gasteiger partial charge in [-0.15, -0.1) is 0 Å². The highest BCUT2D eigenvalue weighted by molar-refractivity contribution is 7.74. The van der Waals surface area contributed by atoms with Gasteiger partial charge in [0.05, 0.1) is 55.4 Å². The molecule has 0 aromatic carbocycles. The molecule has 18 atom stereocenters. The maximum atomic E-state index is 12.0. The van der Waals surface area contributed by atoms with Crippen molar-refractivity contribution in [1.29, 1.82) is 0 Å². The average molecular weight is 633 g/mol. The highest BCUT2D eigenvalue weighted by atomic mass is 32.2. The van der Waals surface area contributed by atoms with Crippen molar-refractivity contribution in [1.82, 2.24) is 42.5 Å². The normalized spacial score (nSPS) is 55.9. The van der Waals surface area contributed by atoms with Crippen LogP contribution in [0, 0.1) is 47.3 Å². The van der Waals surface area contributed by atoms with Crippen molar-refractivity contribution in [3.05, 3.63) is 0 Å². The number of hydrogen-bond acceptors (Lipinski definition) is 10. The predicted octanol–water partition coefficient (Wildman–Crippen LogP) is 1.74. The topological polar surface area (TPSA) is 143 Å². The third-order valence-corrected chi connectivity index (χ3v) is 14.4. The third-order valence-electron chi connectivity index (χ3n) is 14.0. The van der Waals surface area contributed by atoms with Crippen molar-refractivity contribution in [2.45, 2.75) is 152 Å². The van der Waals surface area contributed by atoms with Crippen LogP contribution in [0.25, 0.3) is 0 Å². The molecular formula is C32H56N8O3S. The Labute approximate surface area is 265 Å². The summed E-state index contributed by atoms with van der Waals surface area (Å²) >= 11 is -2.26. The highest BCUT2D eigenvalue weighted by Crippen LogP contribution is 2.46. The van der Waals surface area contributed by atoms with Crippen LogP contribution in [0.2, 0.25) is 0 Å². The lowest BCUT2D eigenvalue weighted by Gasteiger charge is -2.38. The zero-order valence-corrected chi connectivity index (χ0v) is 26.9. The van der Waals surface area contributed by atoms with Gasteiger partial charge in [0.15, 0.2) is 0 Å². The van der Waals surface area contributed by atoms with Crippen LogP contribution in [-0.2, 0) is 15.5 Å². The predicted molar refractivity (Wildman–Crippen MR) is 168 cm³/mol.